The van der Waals surface area contributed by atoms with Crippen molar-refractivity contribution in [3.8, 4) is 0 Å². The number of carboxylic acids is 1. The van der Waals surface area contributed by atoms with Crippen molar-refractivity contribution in [1.29, 1.82) is 0 Å². The first-order valence-electron chi connectivity index (χ1n) is 25.9. The van der Waals surface area contributed by atoms with Crippen molar-refractivity contribution in [3.05, 3.63) is 48.0 Å². The van der Waals surface area contributed by atoms with Crippen LogP contribution in [0.5, 0.6) is 0 Å². The molecular weight excluding hydrogens is 941 g/mol. The van der Waals surface area contributed by atoms with Gasteiger partial charge in [-0.2, -0.15) is 0 Å². The van der Waals surface area contributed by atoms with Crippen LogP contribution in [-0.4, -0.2) is 168 Å². The third kappa shape index (κ3) is 18.3. The van der Waals surface area contributed by atoms with Gasteiger partial charge in [0.1, 0.15) is 12.1 Å². The van der Waals surface area contributed by atoms with Gasteiger partial charge in [0.25, 0.3) is 11.8 Å². The van der Waals surface area contributed by atoms with Crippen molar-refractivity contribution >= 4 is 53.2 Å². The Morgan fingerprint density at radius 2 is 1.41 bits per heavy atom. The number of carboxylic acid groups (broad SMARTS) is 1. The predicted octanol–water partition coefficient (Wildman–Crippen LogP) is 3.23. The average molecular weight is 1030 g/mol. The Morgan fingerprint density at radius 1 is 0.795 bits per heavy atom. The van der Waals surface area contributed by atoms with Crippen LogP contribution >= 0.6 is 0 Å². The van der Waals surface area contributed by atoms with Gasteiger partial charge in [0.15, 0.2) is 0 Å². The van der Waals surface area contributed by atoms with Gasteiger partial charge in [-0.05, 0) is 69.0 Å². The summed E-state index contributed by atoms with van der Waals surface area (Å²) in [6, 6.07) is 5.23. The van der Waals surface area contributed by atoms with E-state index in [-0.39, 0.29) is 85.4 Å². The summed E-state index contributed by atoms with van der Waals surface area (Å²) in [5.74, 6) is -5.47. The average Bonchev–Trinajstić information content (AvgIpc) is 3.97. The van der Waals surface area contributed by atoms with E-state index in [0.717, 1.165) is 10.5 Å². The van der Waals surface area contributed by atoms with Crippen LogP contribution in [-0.2, 0) is 59.0 Å². The van der Waals surface area contributed by atoms with Crippen molar-refractivity contribution in [1.82, 2.24) is 41.1 Å². The van der Waals surface area contributed by atoms with Crippen LogP contribution in [0.25, 0.3) is 0 Å². The number of imide groups is 1. The molecule has 73 heavy (non-hydrogen) atoms. The number of ether oxygens (including phenoxy) is 2. The van der Waals surface area contributed by atoms with E-state index in [2.05, 4.69) is 21.5 Å². The van der Waals surface area contributed by atoms with Gasteiger partial charge < -0.3 is 35.0 Å². The van der Waals surface area contributed by atoms with Gasteiger partial charge in [-0.3, -0.25) is 59.0 Å². The van der Waals surface area contributed by atoms with E-state index in [1.165, 1.54) is 26.4 Å². The second-order valence-electron chi connectivity index (χ2n) is 20.3. The molecule has 3 rings (SSSR count). The number of amides is 8. The number of likely N-dealkylation sites (N-methyl/N-ethyl adjacent to an activating group) is 2. The number of hydrogen-bond donors (Lipinski definition) is 5. The van der Waals surface area contributed by atoms with E-state index in [4.69, 9.17) is 9.47 Å². The molecule has 2 heterocycles. The highest BCUT2D eigenvalue weighted by Gasteiger charge is 2.44. The Labute approximate surface area is 432 Å². The maximum Gasteiger partial charge on any atom is 0.326 e. The Kier molecular flexibility index (Phi) is 25.7. The normalized spacial score (nSPS) is 18.0. The fraction of sp³-hybridized carbons (Fsp3) is 0.679. The summed E-state index contributed by atoms with van der Waals surface area (Å²) in [7, 11) is 6.43. The number of benzene rings is 1. The number of carbonyl (C=O) groups excluding carboxylic acids is 8. The summed E-state index contributed by atoms with van der Waals surface area (Å²) < 4.78 is 11.9. The van der Waals surface area contributed by atoms with E-state index in [1.807, 2.05) is 52.5 Å². The standard InChI is InChI=1S/C53H84N8O12/c1-12-35(6)48(40(72-10)32-45(66)60-30-19-23-39(60)49(73-11)36(7)50(67)54-38(53(70)71)31-37-21-15-13-16-22-37)59(9)52(69)46(33(2)3)55-51(68)47(34(4)5)58(8)28-20-25-42(63)57-56-41(62)24-17-14-18-29-61-43(64)26-27-44(61)65/h13,15-16,21-22,26-27,33-36,38-40,46-49H,12,14,17-20,23-25,28-32H2,1-11H3,(H,54,67)(H,55,68)(H,56,62)(H,57,63)(H,70,71). The monoisotopic (exact) mass is 1020 g/mol. The molecule has 1 aromatic carbocycles. The lowest BCUT2D eigenvalue weighted by atomic mass is 9.89. The van der Waals surface area contributed by atoms with E-state index in [9.17, 15) is 48.3 Å². The third-order valence-corrected chi connectivity index (χ3v) is 14.2. The lowest BCUT2D eigenvalue weighted by Crippen LogP contribution is -2.60. The molecular formula is C53H84N8O12. The molecule has 0 aliphatic carbocycles. The Bertz CT molecular complexity index is 2030. The molecule has 0 bridgehead atoms. The summed E-state index contributed by atoms with van der Waals surface area (Å²) in [5, 5.41) is 15.7. The molecule has 1 saturated heterocycles. The second kappa shape index (κ2) is 30.5. The number of hydrogen-bond acceptors (Lipinski definition) is 12. The van der Waals surface area contributed by atoms with Crippen molar-refractivity contribution in [2.45, 2.75) is 162 Å². The lowest BCUT2D eigenvalue weighted by molar-refractivity contribution is -0.148. The molecule has 9 atom stereocenters. The maximum absolute atomic E-state index is 14.6. The Morgan fingerprint density at radius 3 is 1.96 bits per heavy atom. The summed E-state index contributed by atoms with van der Waals surface area (Å²) in [6.07, 6.45) is 5.19. The molecule has 0 spiro atoms. The minimum Gasteiger partial charge on any atom is -0.480 e. The topological polar surface area (TPSA) is 253 Å². The quantitative estimate of drug-likeness (QED) is 0.0408. The minimum absolute atomic E-state index is 0.0766. The number of unbranched alkanes of at least 4 members (excludes halogenated alkanes) is 2. The first-order chi connectivity index (χ1) is 34.6. The summed E-state index contributed by atoms with van der Waals surface area (Å²) >= 11 is 0. The number of nitrogens with one attached hydrogen (secondary N) is 4. The van der Waals surface area contributed by atoms with Crippen LogP contribution in [0.4, 0.5) is 0 Å². The number of rotatable bonds is 31. The molecule has 20 nitrogen and oxygen atoms in total. The van der Waals surface area contributed by atoms with E-state index in [1.54, 1.807) is 55.1 Å². The first kappa shape index (κ1) is 61.6. The third-order valence-electron chi connectivity index (χ3n) is 14.2. The largest absolute Gasteiger partial charge is 0.480 e. The molecule has 1 aromatic rings. The molecule has 9 unspecified atom stereocenters. The highest BCUT2D eigenvalue weighted by Crippen LogP contribution is 2.30. The molecule has 20 heteroatoms. The number of hydrazine groups is 1. The van der Waals surface area contributed by atoms with Crippen LogP contribution in [0.15, 0.2) is 42.5 Å². The van der Waals surface area contributed by atoms with Crippen molar-refractivity contribution in [3.63, 3.8) is 0 Å². The van der Waals surface area contributed by atoms with Crippen LogP contribution < -0.4 is 21.5 Å². The zero-order chi connectivity index (χ0) is 54.5. The fourth-order valence-corrected chi connectivity index (χ4v) is 9.92. The van der Waals surface area contributed by atoms with Gasteiger partial charge in [-0.25, -0.2) is 4.79 Å². The molecule has 408 valence electrons. The molecule has 0 saturated carbocycles. The van der Waals surface area contributed by atoms with Gasteiger partial charge in [-0.1, -0.05) is 91.6 Å². The number of likely N-dealkylation sites (tertiary alicyclic amines) is 1. The molecule has 0 radical (unpaired) electrons. The number of aliphatic carboxylic acids is 1. The van der Waals surface area contributed by atoms with E-state index < -0.39 is 66.1 Å². The van der Waals surface area contributed by atoms with Crippen LogP contribution in [0.3, 0.4) is 0 Å². The van der Waals surface area contributed by atoms with E-state index >= 15 is 0 Å². The van der Waals surface area contributed by atoms with Gasteiger partial charge in [-0.15, -0.1) is 0 Å². The molecule has 2 aliphatic rings. The molecule has 5 N–H and O–H groups in total. The SMILES string of the molecule is CCC(C)C(C(CC(=O)N1CCCC1C(OC)C(C)C(=O)NC(Cc1ccccc1)C(=O)O)OC)N(C)C(=O)C(NC(=O)C(C(C)C)N(C)CCCC(=O)NNC(=O)CCCCCN1C(=O)C=CC1=O)C(C)C. The molecule has 2 aliphatic heterocycles. The summed E-state index contributed by atoms with van der Waals surface area (Å²) in [6.45, 7) is 14.2. The fourth-order valence-electron chi connectivity index (χ4n) is 9.92. The number of carbonyl (C=O) groups is 9. The molecule has 0 aromatic heterocycles. The predicted molar refractivity (Wildman–Crippen MR) is 274 cm³/mol. The highest BCUT2D eigenvalue weighted by atomic mass is 16.5. The Balaban J connectivity index is 1.60. The van der Waals surface area contributed by atoms with Gasteiger partial charge in [0.05, 0.1) is 42.7 Å². The van der Waals surface area contributed by atoms with Gasteiger partial charge >= 0.3 is 5.97 Å². The highest BCUT2D eigenvalue weighted by molar-refractivity contribution is 6.12. The van der Waals surface area contributed by atoms with Crippen LogP contribution in [0, 0.1) is 23.7 Å². The smallest absolute Gasteiger partial charge is 0.326 e. The minimum atomic E-state index is -1.16. The van der Waals surface area contributed by atoms with E-state index in [0.29, 0.717) is 58.0 Å². The molecule has 1 fully saturated rings. The van der Waals surface area contributed by atoms with Crippen molar-refractivity contribution in [2.24, 2.45) is 23.7 Å². The summed E-state index contributed by atoms with van der Waals surface area (Å²) in [5.41, 5.74) is 5.61. The van der Waals surface area contributed by atoms with Gasteiger partial charge in [0, 0.05) is 65.8 Å². The second-order valence-corrected chi connectivity index (χ2v) is 20.3. The Hall–Kier alpha value is -5.73. The summed E-state index contributed by atoms with van der Waals surface area (Å²) in [4.78, 5) is 124. The van der Waals surface area contributed by atoms with Crippen LogP contribution in [0.1, 0.15) is 118 Å². The van der Waals surface area contributed by atoms with Crippen LogP contribution in [0.2, 0.25) is 0 Å². The van der Waals surface area contributed by atoms with Crippen molar-refractivity contribution < 1.29 is 57.7 Å². The maximum atomic E-state index is 14.6. The molecule has 8 amide bonds. The lowest BCUT2D eigenvalue weighted by Gasteiger charge is -2.41. The number of nitrogens with zero attached hydrogens (tertiary/aromatic N) is 4. The first-order valence-corrected chi connectivity index (χ1v) is 25.9. The zero-order valence-corrected chi connectivity index (χ0v) is 45.0. The zero-order valence-electron chi connectivity index (χ0n) is 45.0. The number of methoxy groups -OCH3 is 2. The van der Waals surface area contributed by atoms with Crippen molar-refractivity contribution in [2.75, 3.05) is 47.9 Å². The van der Waals surface area contributed by atoms with Gasteiger partial charge in [0.2, 0.25) is 35.4 Å².